The highest BCUT2D eigenvalue weighted by atomic mass is 16.5. The molecule has 0 saturated heterocycles. The molecule has 0 N–H and O–H groups in total. The fourth-order valence-electron chi connectivity index (χ4n) is 8.89. The fourth-order valence-corrected chi connectivity index (χ4v) is 8.89. The zero-order chi connectivity index (χ0) is 54.6. The second-order valence-corrected chi connectivity index (χ2v) is 21.8. The molecular formula is C69H106O4. The van der Waals surface area contributed by atoms with Gasteiger partial charge in [-0.15, -0.1) is 0 Å². The van der Waals surface area contributed by atoms with E-state index in [1.165, 1.54) is 107 Å². The van der Waals surface area contributed by atoms with E-state index in [-0.39, 0.29) is 23.1 Å². The van der Waals surface area contributed by atoms with E-state index in [0.717, 1.165) is 116 Å². The number of carbonyl (C=O) groups excluding carboxylic acids is 2. The average Bonchev–Trinajstić information content (AvgIpc) is 3.32. The second kappa shape index (κ2) is 39.7. The highest BCUT2D eigenvalue weighted by Gasteiger charge is 2.34. The van der Waals surface area contributed by atoms with E-state index in [4.69, 9.17) is 9.47 Å². The summed E-state index contributed by atoms with van der Waals surface area (Å²) in [4.78, 5) is 25.6. The molecule has 4 nitrogen and oxygen atoms in total. The summed E-state index contributed by atoms with van der Waals surface area (Å²) in [6.07, 6.45) is 53.8. The van der Waals surface area contributed by atoms with Crippen LogP contribution in [0.4, 0.5) is 0 Å². The van der Waals surface area contributed by atoms with Crippen molar-refractivity contribution in [1.82, 2.24) is 0 Å². The minimum atomic E-state index is -0.284. The lowest BCUT2D eigenvalue weighted by atomic mass is 9.90. The summed E-state index contributed by atoms with van der Waals surface area (Å²) >= 11 is 0. The molecular weight excluding hydrogens is 893 g/mol. The zero-order valence-electron chi connectivity index (χ0n) is 49.8. The van der Waals surface area contributed by atoms with Gasteiger partial charge in [-0.2, -0.15) is 0 Å². The van der Waals surface area contributed by atoms with E-state index in [0.29, 0.717) is 17.6 Å². The maximum atomic E-state index is 12.9. The Bertz CT molecular complexity index is 2180. The number of hydrogen-bond donors (Lipinski definition) is 0. The van der Waals surface area contributed by atoms with Gasteiger partial charge in [0.15, 0.2) is 0 Å². The van der Waals surface area contributed by atoms with Crippen LogP contribution in [0.2, 0.25) is 0 Å². The van der Waals surface area contributed by atoms with Gasteiger partial charge < -0.3 is 9.47 Å². The molecule has 1 aliphatic rings. The Kier molecular flexibility index (Phi) is 36.1. The molecule has 73 heavy (non-hydrogen) atoms. The van der Waals surface area contributed by atoms with Crippen LogP contribution in [0.3, 0.4) is 0 Å². The fraction of sp³-hybridized carbons (Fsp3) is 0.565. The largest absolute Gasteiger partial charge is 0.489 e. The quantitative estimate of drug-likeness (QED) is 0.0460. The molecule has 0 spiro atoms. The summed E-state index contributed by atoms with van der Waals surface area (Å²) < 4.78 is 10.4. The standard InChI is InChI=1S/C69H106O4/c1-52(2)28-17-29-53(3)30-18-31-54(4)32-19-33-55(5)34-20-35-56(6)36-21-37-57(7)38-22-39-58(8)40-23-41-59(9)42-24-43-60(10)44-25-45-61(11)46-26-47-62(12)48-27-49-63(13)50-51-65-64(14)66(70)68(72-15)69(73-16)67(65)71/h28,30,32,34,36,38,40,42,44,46,48,50H,17-27,29,31,33,35,37,39,41,43,45,47,49,51H2,1-16H3/b53-30+,54-32+,55-34+,56-36+,57-38+,58-40+,59-42+,60-44+,61-46+,62-48+,63-50+. The predicted octanol–water partition coefficient (Wildman–Crippen LogP) is 21.3. The zero-order valence-corrected chi connectivity index (χ0v) is 49.8. The number of hydrogen-bond acceptors (Lipinski definition) is 4. The first-order valence-corrected chi connectivity index (χ1v) is 28.2. The van der Waals surface area contributed by atoms with E-state index in [2.05, 4.69) is 163 Å². The molecule has 0 radical (unpaired) electrons. The van der Waals surface area contributed by atoms with Gasteiger partial charge in [0.1, 0.15) is 0 Å². The van der Waals surface area contributed by atoms with Crippen molar-refractivity contribution in [1.29, 1.82) is 0 Å². The Balaban J connectivity index is 2.28. The van der Waals surface area contributed by atoms with Gasteiger partial charge >= 0.3 is 0 Å². The van der Waals surface area contributed by atoms with E-state index >= 15 is 0 Å². The number of ketones is 2. The van der Waals surface area contributed by atoms with Gasteiger partial charge in [0.2, 0.25) is 23.1 Å². The van der Waals surface area contributed by atoms with Crippen LogP contribution < -0.4 is 0 Å². The topological polar surface area (TPSA) is 52.6 Å². The van der Waals surface area contributed by atoms with Crippen molar-refractivity contribution < 1.29 is 19.1 Å². The first-order chi connectivity index (χ1) is 34.8. The van der Waals surface area contributed by atoms with Crippen LogP contribution in [-0.4, -0.2) is 25.8 Å². The third-order valence-electron chi connectivity index (χ3n) is 14.2. The third-order valence-corrected chi connectivity index (χ3v) is 14.2. The highest BCUT2D eigenvalue weighted by molar-refractivity contribution is 6.23. The molecule has 4 heteroatoms. The Labute approximate surface area is 449 Å². The average molecular weight is 1000 g/mol. The van der Waals surface area contributed by atoms with Crippen molar-refractivity contribution in [2.75, 3.05) is 14.2 Å². The Morgan fingerprint density at radius 1 is 0.301 bits per heavy atom. The van der Waals surface area contributed by atoms with Gasteiger partial charge in [0, 0.05) is 11.1 Å². The first kappa shape index (κ1) is 66.3. The van der Waals surface area contributed by atoms with Crippen molar-refractivity contribution in [2.24, 2.45) is 0 Å². The molecule has 0 aliphatic heterocycles. The molecule has 0 amide bonds. The summed E-state index contributed by atoms with van der Waals surface area (Å²) in [6.45, 7) is 31.0. The second-order valence-electron chi connectivity index (χ2n) is 21.8. The molecule has 0 aromatic heterocycles. The minimum absolute atomic E-state index is 0.00688. The van der Waals surface area contributed by atoms with Crippen LogP contribution in [-0.2, 0) is 19.1 Å². The van der Waals surface area contributed by atoms with Crippen molar-refractivity contribution >= 4 is 11.6 Å². The summed E-state index contributed by atoms with van der Waals surface area (Å²) in [7, 11) is 2.78. The van der Waals surface area contributed by atoms with Crippen LogP contribution in [0.5, 0.6) is 0 Å². The summed E-state index contributed by atoms with van der Waals surface area (Å²) in [6, 6.07) is 0. The number of Topliss-reactive ketones (excluding diaryl/α,β-unsaturated/α-hetero) is 2. The lowest BCUT2D eigenvalue weighted by Gasteiger charge is -2.19. The summed E-state index contributed by atoms with van der Waals surface area (Å²) in [5, 5.41) is 0. The normalized spacial score (nSPS) is 15.9. The van der Waals surface area contributed by atoms with Crippen molar-refractivity contribution in [3.63, 3.8) is 0 Å². The van der Waals surface area contributed by atoms with Crippen molar-refractivity contribution in [3.05, 3.63) is 162 Å². The molecule has 1 aliphatic carbocycles. The lowest BCUT2D eigenvalue weighted by Crippen LogP contribution is -2.24. The van der Waals surface area contributed by atoms with Crippen molar-refractivity contribution in [3.8, 4) is 0 Å². The van der Waals surface area contributed by atoms with E-state index in [1.807, 2.05) is 0 Å². The SMILES string of the molecule is COC1=C(OC)C(=O)C(C/C=C(\C)CC/C=C(\C)CC/C=C(\C)CC/C=C(\C)CC/C=C(\C)CC/C=C(\C)CC/C=C(\C)CC/C=C(\C)CC/C=C(\C)CC/C=C(\C)CC/C=C(\C)CCC=C(C)C)=C(C)C1=O. The number of allylic oxidation sites excluding steroid dienone is 26. The smallest absolute Gasteiger partial charge is 0.228 e. The number of carbonyl (C=O) groups is 2. The molecule has 406 valence electrons. The highest BCUT2D eigenvalue weighted by Crippen LogP contribution is 2.29. The van der Waals surface area contributed by atoms with Crippen LogP contribution in [0.15, 0.2) is 162 Å². The first-order valence-electron chi connectivity index (χ1n) is 28.2. The summed E-state index contributed by atoms with van der Waals surface area (Å²) in [5.74, 6) is -0.572. The van der Waals surface area contributed by atoms with Crippen LogP contribution >= 0.6 is 0 Å². The lowest BCUT2D eigenvalue weighted by molar-refractivity contribution is -0.121. The van der Waals surface area contributed by atoms with E-state index in [9.17, 15) is 9.59 Å². The molecule has 0 unspecified atom stereocenters. The molecule has 0 atom stereocenters. The molecule has 0 aromatic rings. The van der Waals surface area contributed by atoms with Crippen LogP contribution in [0.1, 0.15) is 245 Å². The molecule has 0 heterocycles. The maximum Gasteiger partial charge on any atom is 0.228 e. The monoisotopic (exact) mass is 999 g/mol. The van der Waals surface area contributed by atoms with Gasteiger partial charge in [0.25, 0.3) is 0 Å². The summed E-state index contributed by atoms with van der Waals surface area (Å²) in [5.41, 5.74) is 18.5. The number of rotatable bonds is 37. The van der Waals surface area contributed by atoms with Crippen LogP contribution in [0, 0.1) is 0 Å². The van der Waals surface area contributed by atoms with E-state index in [1.54, 1.807) is 6.92 Å². The van der Waals surface area contributed by atoms with Gasteiger partial charge in [0.05, 0.1) is 14.2 Å². The van der Waals surface area contributed by atoms with Gasteiger partial charge in [-0.3, -0.25) is 9.59 Å². The predicted molar refractivity (Wildman–Crippen MR) is 321 cm³/mol. The number of methoxy groups -OCH3 is 2. The number of ether oxygens (including phenoxy) is 2. The van der Waals surface area contributed by atoms with Crippen molar-refractivity contribution in [2.45, 2.75) is 245 Å². The third kappa shape index (κ3) is 32.3. The molecule has 0 aromatic carbocycles. The van der Waals surface area contributed by atoms with Gasteiger partial charge in [-0.05, 0) is 245 Å². The van der Waals surface area contributed by atoms with E-state index < -0.39 is 0 Å². The van der Waals surface area contributed by atoms with Gasteiger partial charge in [-0.1, -0.05) is 140 Å². The molecule has 1 rings (SSSR count). The molecule has 0 bridgehead atoms. The minimum Gasteiger partial charge on any atom is -0.489 e. The molecule has 0 fully saturated rings. The Morgan fingerprint density at radius 2 is 0.493 bits per heavy atom. The Morgan fingerprint density at radius 3 is 0.699 bits per heavy atom. The Hall–Kier alpha value is -4.70. The molecule has 0 saturated carbocycles. The maximum absolute atomic E-state index is 12.9. The van der Waals surface area contributed by atoms with Crippen LogP contribution in [0.25, 0.3) is 0 Å². The van der Waals surface area contributed by atoms with Gasteiger partial charge in [-0.25, -0.2) is 0 Å².